The fourth-order valence-electron chi connectivity index (χ4n) is 2.49. The van der Waals surface area contributed by atoms with Crippen LogP contribution >= 0.6 is 0 Å². The lowest BCUT2D eigenvalue weighted by molar-refractivity contribution is 0.0992. The van der Waals surface area contributed by atoms with Crippen molar-refractivity contribution in [3.63, 3.8) is 0 Å². The molecule has 0 aromatic heterocycles. The van der Waals surface area contributed by atoms with Crippen LogP contribution in [0.5, 0.6) is 0 Å². The van der Waals surface area contributed by atoms with E-state index in [9.17, 15) is 0 Å². The van der Waals surface area contributed by atoms with E-state index in [1.54, 1.807) is 0 Å². The minimum Gasteiger partial charge on any atom is -0.311 e. The summed E-state index contributed by atoms with van der Waals surface area (Å²) in [5.74, 6) is 0.746. The molecule has 0 aliphatic carbocycles. The van der Waals surface area contributed by atoms with Crippen LogP contribution < -0.4 is 5.32 Å². The van der Waals surface area contributed by atoms with Crippen molar-refractivity contribution >= 4 is 0 Å². The summed E-state index contributed by atoms with van der Waals surface area (Å²) in [5.41, 5.74) is 0. The molecule has 0 aromatic carbocycles. The first-order chi connectivity index (χ1) is 7.69. The highest BCUT2D eigenvalue weighted by Crippen LogP contribution is 2.16. The Labute approximate surface area is 101 Å². The summed E-state index contributed by atoms with van der Waals surface area (Å²) in [6.45, 7) is 12.6. The summed E-state index contributed by atoms with van der Waals surface area (Å²) in [6, 6.07) is 1.41. The number of nitrogens with zero attached hydrogens (tertiary/aromatic N) is 1. The summed E-state index contributed by atoms with van der Waals surface area (Å²) in [4.78, 5) is 2.68. The van der Waals surface area contributed by atoms with E-state index < -0.39 is 0 Å². The number of hydrogen-bond acceptors (Lipinski definition) is 2. The molecule has 1 saturated heterocycles. The highest BCUT2D eigenvalue weighted by Gasteiger charge is 2.28. The van der Waals surface area contributed by atoms with Gasteiger partial charge in [-0.3, -0.25) is 4.90 Å². The standard InChI is InChI=1S/C14H28N2/c1-5-7-8-9-16-11-13(6-2)15-10-14(16)12(3)4/h5,7,12-15H,6,8-11H2,1-4H3/b7-5+. The van der Waals surface area contributed by atoms with Gasteiger partial charge >= 0.3 is 0 Å². The SMILES string of the molecule is C/C=C/CCN1CC(CC)NCC1C(C)C. The molecule has 1 heterocycles. The maximum absolute atomic E-state index is 3.66. The lowest BCUT2D eigenvalue weighted by Gasteiger charge is -2.42. The number of allylic oxidation sites excluding steroid dienone is 1. The van der Waals surface area contributed by atoms with Gasteiger partial charge in [-0.2, -0.15) is 0 Å². The molecule has 1 aliphatic rings. The molecule has 1 rings (SSSR count). The minimum absolute atomic E-state index is 0.695. The predicted molar refractivity (Wildman–Crippen MR) is 71.7 cm³/mol. The van der Waals surface area contributed by atoms with Crippen molar-refractivity contribution in [1.82, 2.24) is 10.2 Å². The quantitative estimate of drug-likeness (QED) is 0.722. The summed E-state index contributed by atoms with van der Waals surface area (Å²) >= 11 is 0. The van der Waals surface area contributed by atoms with Gasteiger partial charge in [-0.1, -0.05) is 32.9 Å². The third kappa shape index (κ3) is 3.91. The lowest BCUT2D eigenvalue weighted by Crippen LogP contribution is -2.58. The van der Waals surface area contributed by atoms with Crippen LogP contribution in [0.4, 0.5) is 0 Å². The largest absolute Gasteiger partial charge is 0.311 e. The zero-order chi connectivity index (χ0) is 12.0. The molecular weight excluding hydrogens is 196 g/mol. The Bertz CT molecular complexity index is 211. The van der Waals surface area contributed by atoms with Gasteiger partial charge in [0.1, 0.15) is 0 Å². The summed E-state index contributed by atoms with van der Waals surface area (Å²) in [6.07, 6.45) is 6.87. The van der Waals surface area contributed by atoms with E-state index in [4.69, 9.17) is 0 Å². The zero-order valence-corrected chi connectivity index (χ0v) is 11.4. The van der Waals surface area contributed by atoms with Crippen LogP contribution in [0.2, 0.25) is 0 Å². The van der Waals surface area contributed by atoms with Crippen LogP contribution in [-0.2, 0) is 0 Å². The summed E-state index contributed by atoms with van der Waals surface area (Å²) < 4.78 is 0. The number of rotatable bonds is 5. The maximum Gasteiger partial charge on any atom is 0.0244 e. The van der Waals surface area contributed by atoms with E-state index >= 15 is 0 Å². The molecule has 1 N–H and O–H groups in total. The van der Waals surface area contributed by atoms with Gasteiger partial charge in [0.2, 0.25) is 0 Å². The van der Waals surface area contributed by atoms with Crippen molar-refractivity contribution in [2.24, 2.45) is 5.92 Å². The Balaban J connectivity index is 2.49. The first-order valence-corrected chi connectivity index (χ1v) is 6.77. The molecule has 0 saturated carbocycles. The fourth-order valence-corrected chi connectivity index (χ4v) is 2.49. The Morgan fingerprint density at radius 1 is 1.44 bits per heavy atom. The highest BCUT2D eigenvalue weighted by molar-refractivity contribution is 4.89. The van der Waals surface area contributed by atoms with Crippen LogP contribution in [0, 0.1) is 5.92 Å². The van der Waals surface area contributed by atoms with Gasteiger partial charge in [0.25, 0.3) is 0 Å². The van der Waals surface area contributed by atoms with Gasteiger partial charge in [0.05, 0.1) is 0 Å². The Kier molecular flexibility index (Phi) is 6.07. The Morgan fingerprint density at radius 2 is 2.19 bits per heavy atom. The van der Waals surface area contributed by atoms with E-state index in [0.29, 0.717) is 12.1 Å². The molecule has 0 bridgehead atoms. The van der Waals surface area contributed by atoms with Gasteiger partial charge in [0.15, 0.2) is 0 Å². The van der Waals surface area contributed by atoms with Gasteiger partial charge < -0.3 is 5.32 Å². The smallest absolute Gasteiger partial charge is 0.0244 e. The molecule has 16 heavy (non-hydrogen) atoms. The van der Waals surface area contributed by atoms with Gasteiger partial charge in [0, 0.05) is 31.7 Å². The minimum atomic E-state index is 0.695. The molecule has 2 atom stereocenters. The molecule has 0 radical (unpaired) electrons. The zero-order valence-electron chi connectivity index (χ0n) is 11.4. The van der Waals surface area contributed by atoms with Gasteiger partial charge in [-0.05, 0) is 25.7 Å². The highest BCUT2D eigenvalue weighted by atomic mass is 15.2. The van der Waals surface area contributed by atoms with E-state index in [2.05, 4.69) is 50.1 Å². The molecule has 2 nitrogen and oxygen atoms in total. The molecule has 2 heteroatoms. The number of nitrogens with one attached hydrogen (secondary N) is 1. The third-order valence-corrected chi connectivity index (χ3v) is 3.62. The second-order valence-electron chi connectivity index (χ2n) is 5.18. The van der Waals surface area contributed by atoms with Crippen molar-refractivity contribution in [3.05, 3.63) is 12.2 Å². The van der Waals surface area contributed by atoms with Crippen LogP contribution in [-0.4, -0.2) is 36.6 Å². The average Bonchev–Trinajstić information content (AvgIpc) is 2.29. The van der Waals surface area contributed by atoms with Crippen molar-refractivity contribution in [2.45, 2.75) is 52.6 Å². The molecule has 0 amide bonds. The first-order valence-electron chi connectivity index (χ1n) is 6.77. The second kappa shape index (κ2) is 7.08. The predicted octanol–water partition coefficient (Wildman–Crippen LogP) is 2.66. The van der Waals surface area contributed by atoms with Crippen molar-refractivity contribution < 1.29 is 0 Å². The monoisotopic (exact) mass is 224 g/mol. The molecule has 94 valence electrons. The van der Waals surface area contributed by atoms with Crippen LogP contribution in [0.25, 0.3) is 0 Å². The van der Waals surface area contributed by atoms with Crippen molar-refractivity contribution in [3.8, 4) is 0 Å². The van der Waals surface area contributed by atoms with E-state index in [0.717, 1.165) is 12.5 Å². The number of piperazine rings is 1. The lowest BCUT2D eigenvalue weighted by atomic mass is 9.97. The van der Waals surface area contributed by atoms with E-state index in [1.165, 1.54) is 25.9 Å². The second-order valence-corrected chi connectivity index (χ2v) is 5.18. The molecule has 2 unspecified atom stereocenters. The molecular formula is C14H28N2. The molecule has 1 aliphatic heterocycles. The van der Waals surface area contributed by atoms with E-state index in [1.807, 2.05) is 0 Å². The fraction of sp³-hybridized carbons (Fsp3) is 0.857. The molecule has 0 spiro atoms. The summed E-state index contributed by atoms with van der Waals surface area (Å²) in [7, 11) is 0. The Morgan fingerprint density at radius 3 is 2.75 bits per heavy atom. The normalized spacial score (nSPS) is 28.1. The number of hydrogen-bond donors (Lipinski definition) is 1. The third-order valence-electron chi connectivity index (χ3n) is 3.62. The molecule has 0 aromatic rings. The van der Waals surface area contributed by atoms with Gasteiger partial charge in [-0.15, -0.1) is 0 Å². The van der Waals surface area contributed by atoms with Crippen LogP contribution in [0.3, 0.4) is 0 Å². The topological polar surface area (TPSA) is 15.3 Å². The maximum atomic E-state index is 3.66. The first kappa shape index (κ1) is 13.7. The van der Waals surface area contributed by atoms with Crippen LogP contribution in [0.1, 0.15) is 40.5 Å². The van der Waals surface area contributed by atoms with Crippen LogP contribution in [0.15, 0.2) is 12.2 Å². The van der Waals surface area contributed by atoms with Crippen molar-refractivity contribution in [1.29, 1.82) is 0 Å². The summed E-state index contributed by atoms with van der Waals surface area (Å²) in [5, 5.41) is 3.66. The molecule has 1 fully saturated rings. The average molecular weight is 224 g/mol. The van der Waals surface area contributed by atoms with Crippen molar-refractivity contribution in [2.75, 3.05) is 19.6 Å². The van der Waals surface area contributed by atoms with E-state index in [-0.39, 0.29) is 0 Å². The van der Waals surface area contributed by atoms with Gasteiger partial charge in [-0.25, -0.2) is 0 Å². The Hall–Kier alpha value is -0.340.